The second-order valence-corrected chi connectivity index (χ2v) is 11.2. The van der Waals surface area contributed by atoms with Gasteiger partial charge in [-0.05, 0) is 37.7 Å². The number of quaternary nitrogens is 1. The number of halogens is 1. The third-order valence-electron chi connectivity index (χ3n) is 9.24. The maximum Gasteiger partial charge on any atom is 0.343 e. The first-order chi connectivity index (χ1) is 15.0. The Labute approximate surface area is 210 Å². The van der Waals surface area contributed by atoms with Crippen molar-refractivity contribution < 1.29 is 43.1 Å². The topological polar surface area (TPSA) is 46.5 Å². The molecule has 1 heterocycles. The molecule has 0 amide bonds. The number of fused-ring (bicyclic) bond motifs is 2. The molecular formula is C27H40INO3. The average molecular weight is 554 g/mol. The molecule has 1 N–H and O–H groups in total. The molecule has 1 aromatic rings. The molecule has 5 atom stereocenters. The number of ether oxygens (including phenoxy) is 1. The number of hydrogen-bond acceptors (Lipinski definition) is 3. The van der Waals surface area contributed by atoms with E-state index in [2.05, 4.69) is 7.05 Å². The Bertz CT molecular complexity index is 776. The fourth-order valence-electron chi connectivity index (χ4n) is 7.67. The number of aliphatic hydroxyl groups is 1. The van der Waals surface area contributed by atoms with Gasteiger partial charge in [-0.25, -0.2) is 4.79 Å². The van der Waals surface area contributed by atoms with E-state index in [-0.39, 0.29) is 36.0 Å². The maximum absolute atomic E-state index is 13.6. The zero-order valence-electron chi connectivity index (χ0n) is 19.6. The van der Waals surface area contributed by atoms with E-state index < -0.39 is 11.6 Å². The number of rotatable bonds is 6. The molecule has 0 spiro atoms. The van der Waals surface area contributed by atoms with Crippen molar-refractivity contribution in [2.45, 2.75) is 88.4 Å². The zero-order chi connectivity index (χ0) is 21.5. The predicted octanol–water partition coefficient (Wildman–Crippen LogP) is 1.80. The number of likely N-dealkylation sites (N-methyl/N-ethyl adjacent to an activating group) is 1. The Hall–Kier alpha value is -0.660. The number of benzene rings is 1. The lowest BCUT2D eigenvalue weighted by atomic mass is 9.80. The van der Waals surface area contributed by atoms with Crippen molar-refractivity contribution >= 4 is 5.97 Å². The molecule has 178 valence electrons. The van der Waals surface area contributed by atoms with Gasteiger partial charge >= 0.3 is 5.97 Å². The molecule has 4 fully saturated rings. The van der Waals surface area contributed by atoms with Crippen LogP contribution >= 0.6 is 0 Å². The molecule has 0 radical (unpaired) electrons. The summed E-state index contributed by atoms with van der Waals surface area (Å²) in [6, 6.07) is 9.97. The lowest BCUT2D eigenvalue weighted by molar-refractivity contribution is -0.930. The molecule has 0 aromatic heterocycles. The van der Waals surface area contributed by atoms with Crippen LogP contribution in [0.4, 0.5) is 0 Å². The van der Waals surface area contributed by atoms with E-state index in [0.29, 0.717) is 17.5 Å². The first kappa shape index (κ1) is 24.5. The molecule has 1 aromatic carbocycles. The minimum absolute atomic E-state index is 0. The van der Waals surface area contributed by atoms with Crippen molar-refractivity contribution in [1.82, 2.24) is 0 Å². The largest absolute Gasteiger partial charge is 1.00 e. The normalized spacial score (nSPS) is 34.8. The molecule has 3 saturated carbocycles. The van der Waals surface area contributed by atoms with Crippen LogP contribution in [0.5, 0.6) is 0 Å². The summed E-state index contributed by atoms with van der Waals surface area (Å²) in [6.07, 6.45) is 13.1. The fraction of sp³-hybridized carbons (Fsp3) is 0.741. The summed E-state index contributed by atoms with van der Waals surface area (Å²) in [4.78, 5) is 13.6. The third-order valence-corrected chi connectivity index (χ3v) is 9.24. The highest BCUT2D eigenvalue weighted by molar-refractivity contribution is 5.82. The van der Waals surface area contributed by atoms with Crippen LogP contribution in [-0.2, 0) is 15.1 Å². The highest BCUT2D eigenvalue weighted by atomic mass is 127. The molecular weight excluding hydrogens is 513 g/mol. The Morgan fingerprint density at radius 1 is 1.00 bits per heavy atom. The van der Waals surface area contributed by atoms with Crippen molar-refractivity contribution in [2.75, 3.05) is 20.1 Å². The summed E-state index contributed by atoms with van der Waals surface area (Å²) in [5.41, 5.74) is -0.802. The highest BCUT2D eigenvalue weighted by Gasteiger charge is 2.60. The van der Waals surface area contributed by atoms with Crippen LogP contribution in [0.25, 0.3) is 0 Å². The van der Waals surface area contributed by atoms with Gasteiger partial charge in [-0.15, -0.1) is 0 Å². The molecule has 4 aliphatic rings. The minimum atomic E-state index is -1.51. The fourth-order valence-corrected chi connectivity index (χ4v) is 7.67. The highest BCUT2D eigenvalue weighted by Crippen LogP contribution is 2.47. The summed E-state index contributed by atoms with van der Waals surface area (Å²) in [6.45, 7) is 2.37. The van der Waals surface area contributed by atoms with Crippen molar-refractivity contribution in [3.8, 4) is 0 Å². The van der Waals surface area contributed by atoms with Crippen LogP contribution < -0.4 is 24.0 Å². The van der Waals surface area contributed by atoms with E-state index in [0.717, 1.165) is 55.5 Å². The van der Waals surface area contributed by atoms with Gasteiger partial charge in [0.25, 0.3) is 0 Å². The number of likely N-dealkylation sites (tertiary alicyclic amines) is 1. The number of esters is 1. The van der Waals surface area contributed by atoms with Crippen LogP contribution in [0, 0.1) is 17.8 Å². The Balaban J connectivity index is 0.00000245. The minimum Gasteiger partial charge on any atom is -1.00 e. The van der Waals surface area contributed by atoms with Gasteiger partial charge in [-0.2, -0.15) is 0 Å². The van der Waals surface area contributed by atoms with Crippen molar-refractivity contribution in [3.63, 3.8) is 0 Å². The van der Waals surface area contributed by atoms with E-state index in [1.54, 1.807) is 0 Å². The van der Waals surface area contributed by atoms with E-state index in [1.807, 2.05) is 30.3 Å². The van der Waals surface area contributed by atoms with Crippen LogP contribution in [-0.4, -0.2) is 47.8 Å². The van der Waals surface area contributed by atoms with E-state index >= 15 is 0 Å². The third kappa shape index (κ3) is 4.38. The molecule has 3 aliphatic carbocycles. The van der Waals surface area contributed by atoms with Gasteiger partial charge in [0, 0.05) is 18.3 Å². The van der Waals surface area contributed by atoms with Gasteiger partial charge < -0.3 is 38.3 Å². The number of carbonyl (C=O) groups excluding carboxylic acids is 1. The Kier molecular flexibility index (Phi) is 7.58. The molecule has 5 heteroatoms. The number of carbonyl (C=O) groups is 1. The van der Waals surface area contributed by atoms with Crippen LogP contribution in [0.1, 0.15) is 76.2 Å². The number of piperidine rings is 1. The van der Waals surface area contributed by atoms with Gasteiger partial charge in [-0.3, -0.25) is 0 Å². The smallest absolute Gasteiger partial charge is 0.343 e. The monoisotopic (exact) mass is 553 g/mol. The number of hydrogen-bond donors (Lipinski definition) is 1. The molecule has 5 rings (SSSR count). The summed E-state index contributed by atoms with van der Waals surface area (Å²) >= 11 is 0. The van der Waals surface area contributed by atoms with Gasteiger partial charge in [0.05, 0.1) is 26.1 Å². The van der Waals surface area contributed by atoms with Crippen molar-refractivity contribution in [3.05, 3.63) is 35.9 Å². The van der Waals surface area contributed by atoms with E-state index in [1.165, 1.54) is 38.6 Å². The second-order valence-electron chi connectivity index (χ2n) is 11.2. The van der Waals surface area contributed by atoms with E-state index in [4.69, 9.17) is 4.74 Å². The number of nitrogens with zero attached hydrogens (tertiary/aromatic N) is 1. The summed E-state index contributed by atoms with van der Waals surface area (Å²) in [5.74, 6) is 0.850. The Morgan fingerprint density at radius 2 is 1.66 bits per heavy atom. The van der Waals surface area contributed by atoms with E-state index in [9.17, 15) is 9.90 Å². The molecule has 4 unspecified atom stereocenters. The SMILES string of the molecule is C[N+]1(CC2CCCCC2)CC2CC[C@@H]1C2OC(=O)C(O)(c1ccccc1)C1CCCC1.[I-]. The summed E-state index contributed by atoms with van der Waals surface area (Å²) < 4.78 is 7.38. The molecule has 1 saturated heterocycles. The van der Waals surface area contributed by atoms with Crippen LogP contribution in [0.15, 0.2) is 30.3 Å². The summed E-state index contributed by atoms with van der Waals surface area (Å²) in [7, 11) is 2.40. The maximum atomic E-state index is 13.6. The first-order valence-corrected chi connectivity index (χ1v) is 12.8. The lowest BCUT2D eigenvalue weighted by Crippen LogP contribution is -3.00. The van der Waals surface area contributed by atoms with Crippen molar-refractivity contribution in [1.29, 1.82) is 0 Å². The molecule has 32 heavy (non-hydrogen) atoms. The van der Waals surface area contributed by atoms with Gasteiger partial charge in [-0.1, -0.05) is 62.4 Å². The zero-order valence-corrected chi connectivity index (χ0v) is 21.7. The van der Waals surface area contributed by atoms with Crippen LogP contribution in [0.2, 0.25) is 0 Å². The average Bonchev–Trinajstić information content (AvgIpc) is 3.51. The van der Waals surface area contributed by atoms with Crippen molar-refractivity contribution in [2.24, 2.45) is 17.8 Å². The Morgan fingerprint density at radius 3 is 2.34 bits per heavy atom. The van der Waals surface area contributed by atoms with Gasteiger partial charge in [0.15, 0.2) is 11.7 Å². The van der Waals surface area contributed by atoms with Gasteiger partial charge in [0.2, 0.25) is 0 Å². The molecule has 2 bridgehead atoms. The quantitative estimate of drug-likeness (QED) is 0.332. The molecule has 1 aliphatic heterocycles. The lowest BCUT2D eigenvalue weighted by Gasteiger charge is -2.41. The first-order valence-electron chi connectivity index (χ1n) is 12.8. The second kappa shape index (κ2) is 9.91. The van der Waals surface area contributed by atoms with Gasteiger partial charge in [0.1, 0.15) is 6.04 Å². The predicted molar refractivity (Wildman–Crippen MR) is 121 cm³/mol. The molecule has 4 nitrogen and oxygen atoms in total. The van der Waals surface area contributed by atoms with Crippen LogP contribution in [0.3, 0.4) is 0 Å². The standard InChI is InChI=1S/C27H40NO3.HI/c1-28(18-20-10-4-2-5-11-20)19-21-16-17-24(28)25(21)31-26(29)27(30,23-14-8-9-15-23)22-12-6-3-7-13-22;/h3,6-7,12-13,20-21,23-25,30H,2,4-5,8-11,14-19H2,1H3;1H/q+1;/p-1/t21?,24-,25?,27?,28?;/m1./s1. The summed E-state index contributed by atoms with van der Waals surface area (Å²) in [5, 5.41) is 11.8.